The lowest BCUT2D eigenvalue weighted by Crippen LogP contribution is -2.38. The van der Waals surface area contributed by atoms with Gasteiger partial charge >= 0.3 is 5.97 Å². The van der Waals surface area contributed by atoms with Crippen molar-refractivity contribution in [2.24, 2.45) is 0 Å². The van der Waals surface area contributed by atoms with Crippen LogP contribution >= 0.6 is 11.6 Å². The van der Waals surface area contributed by atoms with Crippen molar-refractivity contribution < 1.29 is 19.1 Å². The van der Waals surface area contributed by atoms with Gasteiger partial charge in [0, 0.05) is 30.7 Å². The second-order valence-corrected chi connectivity index (χ2v) is 9.34. The Morgan fingerprint density at radius 1 is 1.06 bits per heavy atom. The van der Waals surface area contributed by atoms with Crippen LogP contribution in [0.2, 0.25) is 5.02 Å². The Kier molecular flexibility index (Phi) is 8.75. The van der Waals surface area contributed by atoms with Crippen molar-refractivity contribution in [1.29, 1.82) is 0 Å². The van der Waals surface area contributed by atoms with E-state index in [1.807, 2.05) is 24.3 Å². The highest BCUT2D eigenvalue weighted by Crippen LogP contribution is 2.33. The molecule has 1 saturated heterocycles. The minimum atomic E-state index is -0.532. The lowest BCUT2D eigenvalue weighted by Gasteiger charge is -2.24. The second-order valence-electron chi connectivity index (χ2n) is 8.91. The maximum Gasteiger partial charge on any atom is 0.339 e. The predicted octanol–water partition coefficient (Wildman–Crippen LogP) is 5.32. The van der Waals surface area contributed by atoms with Crippen LogP contribution < -0.4 is 10.2 Å². The maximum atomic E-state index is 12.7. The molecule has 1 N–H and O–H groups in total. The molecule has 0 bridgehead atoms. The summed E-state index contributed by atoms with van der Waals surface area (Å²) in [6, 6.07) is 21.2. The lowest BCUT2D eigenvalue weighted by atomic mass is 10.00. The van der Waals surface area contributed by atoms with E-state index >= 15 is 0 Å². The summed E-state index contributed by atoms with van der Waals surface area (Å²) in [4.78, 5) is 26.6. The molecule has 0 saturated carbocycles. The first-order chi connectivity index (χ1) is 17.4. The van der Waals surface area contributed by atoms with Gasteiger partial charge in [0.1, 0.15) is 0 Å². The van der Waals surface area contributed by atoms with Gasteiger partial charge in [-0.05, 0) is 66.3 Å². The van der Waals surface area contributed by atoms with Crippen molar-refractivity contribution in [3.8, 4) is 0 Å². The third-order valence-corrected chi connectivity index (χ3v) is 6.52. The molecule has 4 rings (SSSR count). The van der Waals surface area contributed by atoms with Gasteiger partial charge in [0.05, 0.1) is 31.1 Å². The van der Waals surface area contributed by atoms with Gasteiger partial charge in [-0.15, -0.1) is 0 Å². The summed E-state index contributed by atoms with van der Waals surface area (Å²) >= 11 is 6.22. The zero-order valence-corrected chi connectivity index (χ0v) is 21.4. The van der Waals surface area contributed by atoms with E-state index in [-0.39, 0.29) is 17.6 Å². The molecule has 36 heavy (non-hydrogen) atoms. The SMILES string of the molecule is COC(=O)c1ccc(Cl)cc1N(C(C)=O)c1cccc(Cc2ccc(CCC3CNCCO3)cc2)c1. The molecule has 1 aliphatic rings. The Balaban J connectivity index is 1.51. The number of benzene rings is 3. The van der Waals surface area contributed by atoms with Crippen molar-refractivity contribution in [3.63, 3.8) is 0 Å². The van der Waals surface area contributed by atoms with E-state index in [0.717, 1.165) is 44.5 Å². The molecular formula is C29H31ClN2O4. The fourth-order valence-electron chi connectivity index (χ4n) is 4.46. The number of nitrogens with zero attached hydrogens (tertiary/aromatic N) is 1. The van der Waals surface area contributed by atoms with Crippen LogP contribution in [0.3, 0.4) is 0 Å². The van der Waals surface area contributed by atoms with Crippen LogP contribution in [-0.4, -0.2) is 44.8 Å². The number of carbonyl (C=O) groups excluding carboxylic acids is 2. The number of aryl methyl sites for hydroxylation is 1. The summed E-state index contributed by atoms with van der Waals surface area (Å²) in [5.74, 6) is -0.767. The minimum Gasteiger partial charge on any atom is -0.465 e. The number of rotatable bonds is 8. The van der Waals surface area contributed by atoms with Gasteiger partial charge in [0.15, 0.2) is 0 Å². The molecular weight excluding hydrogens is 476 g/mol. The maximum absolute atomic E-state index is 12.7. The Morgan fingerprint density at radius 3 is 2.53 bits per heavy atom. The summed E-state index contributed by atoms with van der Waals surface area (Å²) in [7, 11) is 1.31. The van der Waals surface area contributed by atoms with Gasteiger partial charge in [-0.1, -0.05) is 48.0 Å². The average molecular weight is 507 g/mol. The third kappa shape index (κ3) is 6.52. The highest BCUT2D eigenvalue weighted by Gasteiger charge is 2.22. The van der Waals surface area contributed by atoms with Crippen molar-refractivity contribution in [1.82, 2.24) is 5.32 Å². The summed E-state index contributed by atoms with van der Waals surface area (Å²) < 4.78 is 10.7. The number of amides is 1. The molecule has 0 spiro atoms. The van der Waals surface area contributed by atoms with Crippen molar-refractivity contribution in [2.45, 2.75) is 32.3 Å². The minimum absolute atomic E-state index is 0.235. The first-order valence-corrected chi connectivity index (χ1v) is 12.5. The Hall–Kier alpha value is -3.19. The molecule has 1 fully saturated rings. The lowest BCUT2D eigenvalue weighted by molar-refractivity contribution is -0.115. The standard InChI is InChI=1S/C29H31ClN2O4/c1-20(33)32(28-18-24(30)11-13-27(28)29(34)35-2)25-5-3-4-23(17-25)16-22-8-6-21(7-9-22)10-12-26-19-31-14-15-36-26/h3-9,11,13,17-18,26,31H,10,12,14-16,19H2,1-2H3. The number of esters is 1. The molecule has 3 aromatic rings. The third-order valence-electron chi connectivity index (χ3n) is 6.28. The number of ether oxygens (including phenoxy) is 2. The smallest absolute Gasteiger partial charge is 0.339 e. The second kappa shape index (κ2) is 12.2. The Morgan fingerprint density at radius 2 is 1.83 bits per heavy atom. The Labute approximate surface area is 217 Å². The summed E-state index contributed by atoms with van der Waals surface area (Å²) in [5, 5.41) is 3.80. The van der Waals surface area contributed by atoms with E-state index in [2.05, 4.69) is 29.6 Å². The van der Waals surface area contributed by atoms with Crippen molar-refractivity contribution in [3.05, 3.63) is 94.0 Å². The topological polar surface area (TPSA) is 67.9 Å². The number of anilines is 2. The van der Waals surface area contributed by atoms with Crippen LogP contribution in [0.25, 0.3) is 0 Å². The van der Waals surface area contributed by atoms with E-state index in [1.54, 1.807) is 18.2 Å². The first-order valence-electron chi connectivity index (χ1n) is 12.1. The largest absolute Gasteiger partial charge is 0.465 e. The fourth-order valence-corrected chi connectivity index (χ4v) is 4.63. The van der Waals surface area contributed by atoms with Crippen LogP contribution in [0.15, 0.2) is 66.7 Å². The normalized spacial score (nSPS) is 15.4. The molecule has 1 amide bonds. The van der Waals surface area contributed by atoms with Gasteiger partial charge in [0.2, 0.25) is 5.91 Å². The summed E-state index contributed by atoms with van der Waals surface area (Å²) in [6.07, 6.45) is 2.99. The average Bonchev–Trinajstić information content (AvgIpc) is 2.89. The zero-order chi connectivity index (χ0) is 25.5. The number of hydrogen-bond donors (Lipinski definition) is 1. The van der Waals surface area contributed by atoms with Crippen LogP contribution in [0.4, 0.5) is 11.4 Å². The van der Waals surface area contributed by atoms with Crippen molar-refractivity contribution in [2.75, 3.05) is 31.7 Å². The molecule has 1 heterocycles. The molecule has 3 aromatic carbocycles. The van der Waals surface area contributed by atoms with Crippen LogP contribution in [0.5, 0.6) is 0 Å². The Bertz CT molecular complexity index is 1210. The van der Waals surface area contributed by atoms with E-state index in [9.17, 15) is 9.59 Å². The number of carbonyl (C=O) groups is 2. The van der Waals surface area contributed by atoms with Gasteiger partial charge in [0.25, 0.3) is 0 Å². The molecule has 188 valence electrons. The molecule has 0 aromatic heterocycles. The van der Waals surface area contributed by atoms with E-state index < -0.39 is 5.97 Å². The summed E-state index contributed by atoms with van der Waals surface area (Å²) in [6.45, 7) is 4.09. The molecule has 0 aliphatic carbocycles. The van der Waals surface area contributed by atoms with Crippen molar-refractivity contribution >= 4 is 34.9 Å². The highest BCUT2D eigenvalue weighted by molar-refractivity contribution is 6.31. The number of nitrogens with one attached hydrogen (secondary N) is 1. The summed E-state index contributed by atoms with van der Waals surface area (Å²) in [5.41, 5.74) is 4.84. The van der Waals surface area contributed by atoms with E-state index in [1.165, 1.54) is 30.1 Å². The van der Waals surface area contributed by atoms with E-state index in [4.69, 9.17) is 21.1 Å². The predicted molar refractivity (Wildman–Crippen MR) is 142 cm³/mol. The molecule has 1 aliphatic heterocycles. The fraction of sp³-hybridized carbons (Fsp3) is 0.310. The van der Waals surface area contributed by atoms with Crippen LogP contribution in [0, 0.1) is 0 Å². The quantitative estimate of drug-likeness (QED) is 0.419. The number of halogens is 1. The first kappa shape index (κ1) is 25.9. The molecule has 7 heteroatoms. The zero-order valence-electron chi connectivity index (χ0n) is 20.6. The highest BCUT2D eigenvalue weighted by atomic mass is 35.5. The molecule has 1 atom stereocenters. The number of morpholine rings is 1. The van der Waals surface area contributed by atoms with Crippen LogP contribution in [-0.2, 0) is 27.1 Å². The molecule has 1 unspecified atom stereocenters. The van der Waals surface area contributed by atoms with Crippen LogP contribution in [0.1, 0.15) is 40.4 Å². The van der Waals surface area contributed by atoms with Gasteiger partial charge in [-0.3, -0.25) is 9.69 Å². The van der Waals surface area contributed by atoms with Gasteiger partial charge in [-0.25, -0.2) is 4.79 Å². The number of methoxy groups -OCH3 is 1. The van der Waals surface area contributed by atoms with Gasteiger partial charge in [-0.2, -0.15) is 0 Å². The molecule has 6 nitrogen and oxygen atoms in total. The van der Waals surface area contributed by atoms with E-state index in [0.29, 0.717) is 16.4 Å². The molecule has 0 radical (unpaired) electrons. The monoisotopic (exact) mass is 506 g/mol. The number of hydrogen-bond acceptors (Lipinski definition) is 5. The van der Waals surface area contributed by atoms with Gasteiger partial charge < -0.3 is 14.8 Å².